The van der Waals surface area contributed by atoms with Crippen molar-refractivity contribution in [2.24, 2.45) is 4.99 Å². The van der Waals surface area contributed by atoms with Crippen LogP contribution >= 0.6 is 0 Å². The summed E-state index contributed by atoms with van der Waals surface area (Å²) in [4.78, 5) is 4.24. The molecule has 1 aromatic carbocycles. The molecule has 0 amide bonds. The SMILES string of the molecule is CCC1(CC)CC/C=N\C=C/C(=N)c2ccccc21. The number of hydrogen-bond donors (Lipinski definition) is 1. The van der Waals surface area contributed by atoms with Crippen molar-refractivity contribution in [1.29, 1.82) is 5.41 Å². The molecule has 0 aliphatic carbocycles. The third-order valence-electron chi connectivity index (χ3n) is 4.33. The molecule has 0 spiro atoms. The van der Waals surface area contributed by atoms with E-state index in [9.17, 15) is 0 Å². The number of aliphatic imine (C=N–C) groups is 1. The summed E-state index contributed by atoms with van der Waals surface area (Å²) in [5.41, 5.74) is 3.10. The van der Waals surface area contributed by atoms with Crippen LogP contribution in [0.3, 0.4) is 0 Å². The molecule has 0 unspecified atom stereocenters. The molecule has 2 heteroatoms. The van der Waals surface area contributed by atoms with Gasteiger partial charge in [0.25, 0.3) is 0 Å². The lowest BCUT2D eigenvalue weighted by molar-refractivity contribution is 0.372. The van der Waals surface area contributed by atoms with E-state index in [0.717, 1.165) is 31.2 Å². The van der Waals surface area contributed by atoms with Crippen LogP contribution in [0.1, 0.15) is 50.7 Å². The summed E-state index contributed by atoms with van der Waals surface area (Å²) in [7, 11) is 0. The number of rotatable bonds is 2. The van der Waals surface area contributed by atoms with Crippen LogP contribution in [0.15, 0.2) is 41.5 Å². The summed E-state index contributed by atoms with van der Waals surface area (Å²) in [6.07, 6.45) is 9.78. The zero-order valence-corrected chi connectivity index (χ0v) is 11.8. The summed E-state index contributed by atoms with van der Waals surface area (Å²) in [5, 5.41) is 8.24. The van der Waals surface area contributed by atoms with Gasteiger partial charge in [0, 0.05) is 18.0 Å². The smallest absolute Gasteiger partial charge is 0.0630 e. The lowest BCUT2D eigenvalue weighted by Crippen LogP contribution is -2.27. The molecule has 1 aromatic rings. The molecular weight excluding hydrogens is 232 g/mol. The van der Waals surface area contributed by atoms with Crippen molar-refractivity contribution in [2.45, 2.75) is 44.9 Å². The largest absolute Gasteiger partial charge is 0.300 e. The van der Waals surface area contributed by atoms with Crippen LogP contribution in [-0.2, 0) is 5.41 Å². The maximum atomic E-state index is 8.24. The minimum Gasteiger partial charge on any atom is -0.300 e. The van der Waals surface area contributed by atoms with E-state index in [2.05, 4.69) is 37.0 Å². The van der Waals surface area contributed by atoms with Crippen LogP contribution in [0.25, 0.3) is 0 Å². The fourth-order valence-corrected chi connectivity index (χ4v) is 2.98. The second kappa shape index (κ2) is 5.96. The third-order valence-corrected chi connectivity index (χ3v) is 4.33. The number of allylic oxidation sites excluding steroid dienone is 1. The number of nitrogens with zero attached hydrogens (tertiary/aromatic N) is 1. The Hall–Kier alpha value is -1.70. The normalized spacial score (nSPS) is 21.5. The number of benzene rings is 1. The molecule has 0 saturated heterocycles. The minimum absolute atomic E-state index is 0.167. The highest BCUT2D eigenvalue weighted by Gasteiger charge is 2.30. The van der Waals surface area contributed by atoms with E-state index in [1.165, 1.54) is 5.56 Å². The summed E-state index contributed by atoms with van der Waals surface area (Å²) in [6, 6.07) is 8.37. The summed E-state index contributed by atoms with van der Waals surface area (Å²) < 4.78 is 0. The van der Waals surface area contributed by atoms with Crippen molar-refractivity contribution in [1.82, 2.24) is 0 Å². The zero-order chi connectivity index (χ0) is 13.7. The van der Waals surface area contributed by atoms with Crippen molar-refractivity contribution in [3.63, 3.8) is 0 Å². The van der Waals surface area contributed by atoms with Crippen LogP contribution in [0, 0.1) is 5.41 Å². The van der Waals surface area contributed by atoms with E-state index < -0.39 is 0 Å². The molecule has 0 fully saturated rings. The first-order valence-electron chi connectivity index (χ1n) is 7.10. The highest BCUT2D eigenvalue weighted by molar-refractivity contribution is 6.07. The zero-order valence-electron chi connectivity index (χ0n) is 11.8. The fraction of sp³-hybridized carbons (Fsp3) is 0.412. The maximum absolute atomic E-state index is 8.24. The molecule has 2 rings (SSSR count). The van der Waals surface area contributed by atoms with Gasteiger partial charge in [0.1, 0.15) is 0 Å². The van der Waals surface area contributed by atoms with Gasteiger partial charge in [-0.3, -0.25) is 4.99 Å². The van der Waals surface area contributed by atoms with Gasteiger partial charge in [-0.25, -0.2) is 0 Å². The van der Waals surface area contributed by atoms with Gasteiger partial charge in [-0.1, -0.05) is 38.1 Å². The standard InChI is InChI=1S/C17H22N2/c1-3-17(4-2)11-7-12-19-13-10-16(18)14-8-5-6-9-15(14)17/h5-6,8-10,12-13,18H,3-4,7,11H2,1-2H3/b13-10-,18-16?,19-12-. The fourth-order valence-electron chi connectivity index (χ4n) is 2.98. The molecule has 0 aromatic heterocycles. The second-order valence-corrected chi connectivity index (χ2v) is 5.13. The van der Waals surface area contributed by atoms with Crippen molar-refractivity contribution in [3.05, 3.63) is 47.7 Å². The van der Waals surface area contributed by atoms with Gasteiger partial charge in [-0.05, 0) is 42.7 Å². The van der Waals surface area contributed by atoms with Crippen molar-refractivity contribution >= 4 is 11.9 Å². The van der Waals surface area contributed by atoms with Gasteiger partial charge >= 0.3 is 0 Å². The second-order valence-electron chi connectivity index (χ2n) is 5.13. The predicted molar refractivity (Wildman–Crippen MR) is 82.4 cm³/mol. The lowest BCUT2D eigenvalue weighted by atomic mass is 9.70. The van der Waals surface area contributed by atoms with Crippen molar-refractivity contribution in [3.8, 4) is 0 Å². The van der Waals surface area contributed by atoms with Gasteiger partial charge in [0.15, 0.2) is 0 Å². The van der Waals surface area contributed by atoms with E-state index in [-0.39, 0.29) is 5.41 Å². The average molecular weight is 254 g/mol. The maximum Gasteiger partial charge on any atom is 0.0630 e. The lowest BCUT2D eigenvalue weighted by Gasteiger charge is -2.34. The van der Waals surface area contributed by atoms with Crippen molar-refractivity contribution < 1.29 is 0 Å². The summed E-state index contributed by atoms with van der Waals surface area (Å²) >= 11 is 0. The van der Waals surface area contributed by atoms with E-state index in [1.807, 2.05) is 12.3 Å². The van der Waals surface area contributed by atoms with Crippen LogP contribution in [0.5, 0.6) is 0 Å². The Morgan fingerprint density at radius 3 is 2.68 bits per heavy atom. The Kier molecular flexibility index (Phi) is 4.31. The first-order chi connectivity index (χ1) is 9.23. The molecule has 1 aliphatic rings. The van der Waals surface area contributed by atoms with Gasteiger partial charge in [-0.2, -0.15) is 0 Å². The van der Waals surface area contributed by atoms with E-state index >= 15 is 0 Å². The first kappa shape index (κ1) is 13.7. The molecule has 2 nitrogen and oxygen atoms in total. The first-order valence-corrected chi connectivity index (χ1v) is 7.10. The van der Waals surface area contributed by atoms with Crippen molar-refractivity contribution in [2.75, 3.05) is 0 Å². The molecule has 0 radical (unpaired) electrons. The van der Waals surface area contributed by atoms with Crippen LogP contribution in [0.2, 0.25) is 0 Å². The number of hydrogen-bond acceptors (Lipinski definition) is 2. The molecule has 19 heavy (non-hydrogen) atoms. The van der Waals surface area contributed by atoms with Crippen LogP contribution in [0.4, 0.5) is 0 Å². The molecule has 0 bridgehead atoms. The molecule has 0 saturated carbocycles. The Bertz CT molecular complexity index is 508. The van der Waals surface area contributed by atoms with Gasteiger partial charge in [-0.15, -0.1) is 0 Å². The van der Waals surface area contributed by atoms with Crippen LogP contribution < -0.4 is 0 Å². The summed E-state index contributed by atoms with van der Waals surface area (Å²) in [5.74, 6) is 0. The van der Waals surface area contributed by atoms with Gasteiger partial charge in [0.2, 0.25) is 0 Å². The molecular formula is C17H22N2. The Labute approximate surface area is 115 Å². The highest BCUT2D eigenvalue weighted by Crippen LogP contribution is 2.38. The minimum atomic E-state index is 0.167. The van der Waals surface area contributed by atoms with E-state index in [0.29, 0.717) is 5.71 Å². The molecule has 1 N–H and O–H groups in total. The van der Waals surface area contributed by atoms with Crippen LogP contribution in [-0.4, -0.2) is 11.9 Å². The molecule has 100 valence electrons. The topological polar surface area (TPSA) is 36.2 Å². The predicted octanol–water partition coefficient (Wildman–Crippen LogP) is 4.49. The monoisotopic (exact) mass is 254 g/mol. The van der Waals surface area contributed by atoms with Gasteiger partial charge in [0.05, 0.1) is 5.71 Å². The molecule has 1 heterocycles. The molecule has 1 aliphatic heterocycles. The Morgan fingerprint density at radius 1 is 1.21 bits per heavy atom. The third kappa shape index (κ3) is 2.67. The quantitative estimate of drug-likeness (QED) is 0.807. The molecule has 0 atom stereocenters. The number of nitrogens with one attached hydrogen (secondary N) is 1. The average Bonchev–Trinajstić information content (AvgIpc) is 2.47. The van der Waals surface area contributed by atoms with Gasteiger partial charge < -0.3 is 5.41 Å². The Balaban J connectivity index is 2.60. The Morgan fingerprint density at radius 2 is 1.95 bits per heavy atom. The summed E-state index contributed by atoms with van der Waals surface area (Å²) in [6.45, 7) is 4.51. The highest BCUT2D eigenvalue weighted by atomic mass is 14.7. The van der Waals surface area contributed by atoms with E-state index in [1.54, 1.807) is 12.3 Å². The number of fused-ring (bicyclic) bond motifs is 1. The van der Waals surface area contributed by atoms with E-state index in [4.69, 9.17) is 5.41 Å².